The molecular weight excluding hydrogens is 186 g/mol. The van der Waals surface area contributed by atoms with E-state index in [1.54, 1.807) is 24.6 Å². The molecule has 72 valence electrons. The minimum Gasteiger partial charge on any atom is -0.338 e. The maximum absolute atomic E-state index is 5.27. The van der Waals surface area contributed by atoms with Crippen molar-refractivity contribution in [3.05, 3.63) is 16.6 Å². The normalized spacial score (nSPS) is 11.5. The van der Waals surface area contributed by atoms with Crippen molar-refractivity contribution in [2.75, 3.05) is 14.1 Å². The summed E-state index contributed by atoms with van der Waals surface area (Å²) in [7, 11) is 3.59. The summed E-state index contributed by atoms with van der Waals surface area (Å²) in [5, 5.41) is 2.99. The van der Waals surface area contributed by atoms with E-state index in [1.807, 2.05) is 17.3 Å². The summed E-state index contributed by atoms with van der Waals surface area (Å²) < 4.78 is 0. The third kappa shape index (κ3) is 2.67. The number of thiazole rings is 1. The van der Waals surface area contributed by atoms with Gasteiger partial charge in [0.1, 0.15) is 5.01 Å². The van der Waals surface area contributed by atoms with Crippen LogP contribution in [0.3, 0.4) is 0 Å². The molecule has 0 amide bonds. The fourth-order valence-corrected chi connectivity index (χ4v) is 1.62. The van der Waals surface area contributed by atoms with Gasteiger partial charge in [0.2, 0.25) is 5.96 Å². The van der Waals surface area contributed by atoms with Gasteiger partial charge < -0.3 is 4.90 Å². The highest BCUT2D eigenvalue weighted by atomic mass is 32.1. The van der Waals surface area contributed by atoms with E-state index in [1.165, 1.54) is 0 Å². The number of hydrogen-bond donors (Lipinski definition) is 2. The first-order valence-electron chi connectivity index (χ1n) is 3.81. The predicted molar refractivity (Wildman–Crippen MR) is 54.3 cm³/mol. The molecule has 0 aliphatic rings. The lowest BCUT2D eigenvalue weighted by Gasteiger charge is -2.18. The van der Waals surface area contributed by atoms with Crippen LogP contribution in [0.5, 0.6) is 0 Å². The maximum Gasteiger partial charge on any atom is 0.208 e. The van der Waals surface area contributed by atoms with Gasteiger partial charge in [-0.15, -0.1) is 11.3 Å². The Hall–Kier alpha value is -1.14. The number of nitrogens with two attached hydrogens (primary N) is 1. The molecule has 0 unspecified atom stereocenters. The summed E-state index contributed by atoms with van der Waals surface area (Å²) in [6.45, 7) is 0.717. The lowest BCUT2D eigenvalue weighted by molar-refractivity contribution is 0.477. The molecule has 0 atom stereocenters. The van der Waals surface area contributed by atoms with Crippen LogP contribution in [0.25, 0.3) is 0 Å². The minimum absolute atomic E-state index is 0.648. The fraction of sp³-hybridized carbons (Fsp3) is 0.429. The molecule has 0 aromatic carbocycles. The molecule has 1 aromatic heterocycles. The average molecular weight is 199 g/mol. The molecule has 0 aliphatic carbocycles. The first-order chi connectivity index (χ1) is 6.27. The summed E-state index contributed by atoms with van der Waals surface area (Å²) in [6.07, 6.45) is 1.78. The van der Waals surface area contributed by atoms with Crippen molar-refractivity contribution in [3.63, 3.8) is 0 Å². The molecule has 1 rings (SSSR count). The molecule has 3 N–H and O–H groups in total. The molecular formula is C7H13N5S. The fourth-order valence-electron chi connectivity index (χ4n) is 0.954. The minimum atomic E-state index is 0.648. The van der Waals surface area contributed by atoms with Crippen molar-refractivity contribution in [3.8, 4) is 0 Å². The summed E-state index contributed by atoms with van der Waals surface area (Å²) in [5.74, 6) is 5.92. The largest absolute Gasteiger partial charge is 0.338 e. The van der Waals surface area contributed by atoms with Gasteiger partial charge in [-0.2, -0.15) is 0 Å². The van der Waals surface area contributed by atoms with E-state index < -0.39 is 0 Å². The molecule has 6 heteroatoms. The van der Waals surface area contributed by atoms with Crippen molar-refractivity contribution in [1.82, 2.24) is 15.3 Å². The Bertz CT molecular complexity index is 268. The Morgan fingerprint density at radius 3 is 3.08 bits per heavy atom. The van der Waals surface area contributed by atoms with E-state index >= 15 is 0 Å². The molecule has 1 heterocycles. The zero-order valence-electron chi connectivity index (χ0n) is 7.69. The van der Waals surface area contributed by atoms with Crippen LogP contribution in [0, 0.1) is 0 Å². The monoisotopic (exact) mass is 199 g/mol. The van der Waals surface area contributed by atoms with E-state index in [9.17, 15) is 0 Å². The number of aromatic nitrogens is 1. The van der Waals surface area contributed by atoms with Crippen molar-refractivity contribution < 1.29 is 0 Å². The van der Waals surface area contributed by atoms with Crippen LogP contribution in [-0.2, 0) is 6.54 Å². The average Bonchev–Trinajstić information content (AvgIpc) is 2.59. The number of hydrogen-bond acceptors (Lipinski definition) is 4. The highest BCUT2D eigenvalue weighted by Gasteiger charge is 2.05. The van der Waals surface area contributed by atoms with Crippen molar-refractivity contribution in [2.45, 2.75) is 6.54 Å². The Labute approximate surface area is 81.3 Å². The van der Waals surface area contributed by atoms with Crippen molar-refractivity contribution in [2.24, 2.45) is 10.8 Å². The summed E-state index contributed by atoms with van der Waals surface area (Å²) in [5.41, 5.74) is 2.52. The third-order valence-electron chi connectivity index (χ3n) is 1.56. The number of nitrogens with zero attached hydrogens (tertiary/aromatic N) is 3. The van der Waals surface area contributed by atoms with Crippen molar-refractivity contribution in [1.29, 1.82) is 0 Å². The third-order valence-corrected chi connectivity index (χ3v) is 2.32. The maximum atomic E-state index is 5.27. The number of nitrogens with one attached hydrogen (secondary N) is 1. The lowest BCUT2D eigenvalue weighted by atomic mass is 10.6. The second-order valence-corrected chi connectivity index (χ2v) is 3.45. The van der Waals surface area contributed by atoms with Gasteiger partial charge in [-0.3, -0.25) is 10.4 Å². The zero-order chi connectivity index (χ0) is 9.68. The topological polar surface area (TPSA) is 66.5 Å². The van der Waals surface area contributed by atoms with Gasteiger partial charge in [0.05, 0.1) is 6.54 Å². The van der Waals surface area contributed by atoms with Crippen LogP contribution in [0.2, 0.25) is 0 Å². The zero-order valence-corrected chi connectivity index (χ0v) is 8.51. The van der Waals surface area contributed by atoms with Gasteiger partial charge in [-0.05, 0) is 0 Å². The van der Waals surface area contributed by atoms with Gasteiger partial charge in [-0.25, -0.2) is 10.8 Å². The molecule has 0 aliphatic heterocycles. The first kappa shape index (κ1) is 9.94. The summed E-state index contributed by atoms with van der Waals surface area (Å²) in [6, 6.07) is 0. The first-order valence-corrected chi connectivity index (χ1v) is 4.68. The number of guanidine groups is 1. The number of rotatable bonds is 2. The van der Waals surface area contributed by atoms with Gasteiger partial charge in [0, 0.05) is 25.7 Å². The van der Waals surface area contributed by atoms with E-state index in [-0.39, 0.29) is 0 Å². The molecule has 5 nitrogen and oxygen atoms in total. The summed E-state index contributed by atoms with van der Waals surface area (Å²) in [4.78, 5) is 10.0. The molecule has 0 bridgehead atoms. The number of aliphatic imine (C=N–C) groups is 1. The highest BCUT2D eigenvalue weighted by molar-refractivity contribution is 7.09. The molecule has 0 saturated heterocycles. The molecule has 0 radical (unpaired) electrons. The second-order valence-electron chi connectivity index (χ2n) is 2.47. The second kappa shape index (κ2) is 4.78. The predicted octanol–water partition coefficient (Wildman–Crippen LogP) is 0.0240. The SMILES string of the molecule is CN=C(NN)N(C)Cc1nccs1. The van der Waals surface area contributed by atoms with E-state index in [2.05, 4.69) is 15.4 Å². The molecule has 13 heavy (non-hydrogen) atoms. The van der Waals surface area contributed by atoms with E-state index in [4.69, 9.17) is 5.84 Å². The van der Waals surface area contributed by atoms with Gasteiger partial charge >= 0.3 is 0 Å². The molecule has 0 saturated carbocycles. The van der Waals surface area contributed by atoms with Crippen LogP contribution < -0.4 is 11.3 Å². The Kier molecular flexibility index (Phi) is 3.66. The quantitative estimate of drug-likeness (QED) is 0.305. The van der Waals surface area contributed by atoms with Gasteiger partial charge in [-0.1, -0.05) is 0 Å². The Morgan fingerprint density at radius 2 is 2.62 bits per heavy atom. The standard InChI is InChI=1S/C7H13N5S/c1-9-7(11-8)12(2)5-6-10-3-4-13-6/h3-4H,5,8H2,1-2H3,(H,9,11). The van der Waals surface area contributed by atoms with Crippen molar-refractivity contribution >= 4 is 17.3 Å². The van der Waals surface area contributed by atoms with Crippen LogP contribution >= 0.6 is 11.3 Å². The lowest BCUT2D eigenvalue weighted by Crippen LogP contribution is -2.42. The number of hydrazine groups is 1. The van der Waals surface area contributed by atoms with Gasteiger partial charge in [0.25, 0.3) is 0 Å². The summed E-state index contributed by atoms with van der Waals surface area (Å²) >= 11 is 1.61. The Morgan fingerprint density at radius 1 is 1.85 bits per heavy atom. The molecule has 0 spiro atoms. The molecule has 0 fully saturated rings. The van der Waals surface area contributed by atoms with Crippen LogP contribution in [0.15, 0.2) is 16.6 Å². The van der Waals surface area contributed by atoms with Crippen LogP contribution in [-0.4, -0.2) is 29.9 Å². The van der Waals surface area contributed by atoms with E-state index in [0.29, 0.717) is 12.5 Å². The van der Waals surface area contributed by atoms with E-state index in [0.717, 1.165) is 5.01 Å². The molecule has 1 aromatic rings. The highest BCUT2D eigenvalue weighted by Crippen LogP contribution is 2.06. The van der Waals surface area contributed by atoms with Crippen LogP contribution in [0.4, 0.5) is 0 Å². The van der Waals surface area contributed by atoms with Crippen LogP contribution in [0.1, 0.15) is 5.01 Å². The van der Waals surface area contributed by atoms with Gasteiger partial charge in [0.15, 0.2) is 0 Å². The smallest absolute Gasteiger partial charge is 0.208 e. The Balaban J connectivity index is 2.55.